The molecule has 0 radical (unpaired) electrons. The van der Waals surface area contributed by atoms with Gasteiger partial charge in [-0.1, -0.05) is 6.92 Å². The van der Waals surface area contributed by atoms with Crippen molar-refractivity contribution in [2.24, 2.45) is 0 Å². The highest BCUT2D eigenvalue weighted by Crippen LogP contribution is 2.32. The Morgan fingerprint density at radius 2 is 2.19 bits per heavy atom. The fourth-order valence-electron chi connectivity index (χ4n) is 3.49. The summed E-state index contributed by atoms with van der Waals surface area (Å²) < 4.78 is 5.59. The molecule has 2 aromatic rings. The second kappa shape index (κ2) is 8.15. The van der Waals surface area contributed by atoms with E-state index in [1.807, 2.05) is 31.2 Å². The summed E-state index contributed by atoms with van der Waals surface area (Å²) in [5.41, 5.74) is 2.67. The van der Waals surface area contributed by atoms with Gasteiger partial charge in [0.05, 0.1) is 29.7 Å². The summed E-state index contributed by atoms with van der Waals surface area (Å²) in [6.45, 7) is 5.26. The van der Waals surface area contributed by atoms with E-state index in [0.717, 1.165) is 30.6 Å². The van der Waals surface area contributed by atoms with Crippen LogP contribution in [0, 0.1) is 11.3 Å². The highest BCUT2D eigenvalue weighted by Gasteiger charge is 2.28. The molecule has 0 aromatic carbocycles. The lowest BCUT2D eigenvalue weighted by Crippen LogP contribution is -2.44. The first-order valence-corrected chi connectivity index (χ1v) is 9.11. The third kappa shape index (κ3) is 3.63. The zero-order valence-electron chi connectivity index (χ0n) is 15.2. The van der Waals surface area contributed by atoms with E-state index in [0.29, 0.717) is 30.3 Å². The number of aliphatic hydroxyl groups excluding tert-OH is 1. The summed E-state index contributed by atoms with van der Waals surface area (Å²) in [6, 6.07) is 10.0. The van der Waals surface area contributed by atoms with Gasteiger partial charge in [-0.25, -0.2) is 9.97 Å². The van der Waals surface area contributed by atoms with Gasteiger partial charge >= 0.3 is 0 Å². The quantitative estimate of drug-likeness (QED) is 0.890. The predicted octanol–water partition coefficient (Wildman–Crippen LogP) is 3.15. The topological polar surface area (TPSA) is 82.3 Å². The van der Waals surface area contributed by atoms with Gasteiger partial charge in [-0.3, -0.25) is 0 Å². The van der Waals surface area contributed by atoms with Crippen LogP contribution < -0.4 is 9.64 Å². The molecule has 3 rings (SSSR count). The molecule has 6 nitrogen and oxygen atoms in total. The lowest BCUT2D eigenvalue weighted by atomic mass is 9.96. The van der Waals surface area contributed by atoms with Crippen LogP contribution in [0.1, 0.15) is 38.8 Å². The second-order valence-corrected chi connectivity index (χ2v) is 6.40. The molecule has 0 bridgehead atoms. The third-order valence-corrected chi connectivity index (χ3v) is 4.78. The molecule has 1 saturated heterocycles. The number of ether oxygens (including phenoxy) is 1. The zero-order chi connectivity index (χ0) is 18.5. The molecule has 1 N–H and O–H groups in total. The first-order valence-electron chi connectivity index (χ1n) is 9.11. The van der Waals surface area contributed by atoms with Crippen LogP contribution in [0.2, 0.25) is 0 Å². The van der Waals surface area contributed by atoms with Crippen LogP contribution in [-0.4, -0.2) is 40.4 Å². The Morgan fingerprint density at radius 1 is 1.35 bits per heavy atom. The Labute approximate surface area is 154 Å². The van der Waals surface area contributed by atoms with Crippen LogP contribution in [0.15, 0.2) is 30.5 Å². The Hall–Kier alpha value is -2.65. The first kappa shape index (κ1) is 18.2. The van der Waals surface area contributed by atoms with Crippen molar-refractivity contribution in [2.75, 3.05) is 18.1 Å². The maximum absolute atomic E-state index is 9.95. The molecule has 0 amide bonds. The van der Waals surface area contributed by atoms with Crippen LogP contribution in [0.5, 0.6) is 5.88 Å². The van der Waals surface area contributed by atoms with Crippen LogP contribution in [0.3, 0.4) is 0 Å². The number of anilines is 1. The molecule has 3 heterocycles. The largest absolute Gasteiger partial charge is 0.477 e. The van der Waals surface area contributed by atoms with Crippen molar-refractivity contribution in [3.05, 3.63) is 36.2 Å². The fourth-order valence-corrected chi connectivity index (χ4v) is 3.49. The minimum Gasteiger partial charge on any atom is -0.477 e. The highest BCUT2D eigenvalue weighted by molar-refractivity contribution is 5.69. The summed E-state index contributed by atoms with van der Waals surface area (Å²) in [7, 11) is 0. The average molecular weight is 352 g/mol. The van der Waals surface area contributed by atoms with Gasteiger partial charge in [-0.05, 0) is 50.5 Å². The SMILES string of the molecule is CCOc1ncccc1-c1ccc(N2CC[C@H](O)C[C@@H]2CC)c(C#N)n1. The molecule has 1 aliphatic rings. The zero-order valence-corrected chi connectivity index (χ0v) is 15.2. The first-order chi connectivity index (χ1) is 12.7. The molecule has 1 aliphatic heterocycles. The molecule has 0 spiro atoms. The van der Waals surface area contributed by atoms with Gasteiger partial charge in [0, 0.05) is 18.8 Å². The number of rotatable bonds is 5. The number of piperidine rings is 1. The molecule has 1 fully saturated rings. The monoisotopic (exact) mass is 352 g/mol. The normalized spacial score (nSPS) is 19.8. The molecule has 26 heavy (non-hydrogen) atoms. The van der Waals surface area contributed by atoms with Gasteiger partial charge in [0.1, 0.15) is 6.07 Å². The number of aliphatic hydroxyl groups is 1. The number of hydrogen-bond donors (Lipinski definition) is 1. The van der Waals surface area contributed by atoms with Gasteiger partial charge in [-0.2, -0.15) is 5.26 Å². The number of pyridine rings is 2. The van der Waals surface area contributed by atoms with Crippen molar-refractivity contribution in [3.8, 4) is 23.2 Å². The molecule has 6 heteroatoms. The molecule has 0 unspecified atom stereocenters. The highest BCUT2D eigenvalue weighted by atomic mass is 16.5. The molecule has 2 aromatic heterocycles. The number of aromatic nitrogens is 2. The van der Waals surface area contributed by atoms with Gasteiger partial charge in [0.15, 0.2) is 5.69 Å². The predicted molar refractivity (Wildman–Crippen MR) is 100 cm³/mol. The number of nitrogens with zero attached hydrogens (tertiary/aromatic N) is 4. The van der Waals surface area contributed by atoms with E-state index in [1.165, 1.54) is 0 Å². The van der Waals surface area contributed by atoms with Gasteiger partial charge in [0.2, 0.25) is 5.88 Å². The minimum absolute atomic E-state index is 0.218. The Bertz CT molecular complexity index is 803. The lowest BCUT2D eigenvalue weighted by molar-refractivity contribution is 0.127. The van der Waals surface area contributed by atoms with Crippen molar-refractivity contribution in [1.82, 2.24) is 9.97 Å². The minimum atomic E-state index is -0.266. The molecule has 0 aliphatic carbocycles. The van der Waals surface area contributed by atoms with Gasteiger partial charge < -0.3 is 14.7 Å². The van der Waals surface area contributed by atoms with Crippen molar-refractivity contribution in [2.45, 2.75) is 45.3 Å². The Kier molecular flexibility index (Phi) is 5.69. The maximum atomic E-state index is 9.95. The van der Waals surface area contributed by atoms with E-state index in [9.17, 15) is 10.4 Å². The summed E-state index contributed by atoms with van der Waals surface area (Å²) in [5, 5.41) is 19.6. The summed E-state index contributed by atoms with van der Waals surface area (Å²) in [4.78, 5) is 11.0. The van der Waals surface area contributed by atoms with E-state index >= 15 is 0 Å². The van der Waals surface area contributed by atoms with Gasteiger partial charge in [0.25, 0.3) is 0 Å². The van der Waals surface area contributed by atoms with Crippen molar-refractivity contribution < 1.29 is 9.84 Å². The number of hydrogen-bond acceptors (Lipinski definition) is 6. The summed E-state index contributed by atoms with van der Waals surface area (Å²) >= 11 is 0. The van der Waals surface area contributed by atoms with Crippen molar-refractivity contribution in [1.29, 1.82) is 5.26 Å². The molecular formula is C20H24N4O2. The Balaban J connectivity index is 1.98. The molecule has 2 atom stereocenters. The average Bonchev–Trinajstić information content (AvgIpc) is 2.68. The molecule has 136 valence electrons. The van der Waals surface area contributed by atoms with Gasteiger partial charge in [-0.15, -0.1) is 0 Å². The smallest absolute Gasteiger partial charge is 0.222 e. The van der Waals surface area contributed by atoms with E-state index in [-0.39, 0.29) is 12.1 Å². The Morgan fingerprint density at radius 3 is 2.92 bits per heavy atom. The number of nitriles is 1. The fraction of sp³-hybridized carbons (Fsp3) is 0.450. The van der Waals surface area contributed by atoms with Crippen LogP contribution >= 0.6 is 0 Å². The molecule has 0 saturated carbocycles. The van der Waals surface area contributed by atoms with E-state index in [2.05, 4.69) is 27.9 Å². The van der Waals surface area contributed by atoms with E-state index in [4.69, 9.17) is 4.74 Å². The summed E-state index contributed by atoms with van der Waals surface area (Å²) in [5.74, 6) is 0.520. The second-order valence-electron chi connectivity index (χ2n) is 6.40. The van der Waals surface area contributed by atoms with E-state index in [1.54, 1.807) is 6.20 Å². The summed E-state index contributed by atoms with van der Waals surface area (Å²) in [6.07, 6.45) is 3.76. The maximum Gasteiger partial charge on any atom is 0.222 e. The lowest BCUT2D eigenvalue weighted by Gasteiger charge is -2.39. The van der Waals surface area contributed by atoms with Crippen LogP contribution in [0.25, 0.3) is 11.3 Å². The third-order valence-electron chi connectivity index (χ3n) is 4.78. The van der Waals surface area contributed by atoms with Crippen molar-refractivity contribution >= 4 is 5.69 Å². The van der Waals surface area contributed by atoms with Crippen molar-refractivity contribution in [3.63, 3.8) is 0 Å². The standard InChI is InChI=1S/C20H24N4O2/c1-3-14-12-15(25)9-11-24(14)19-8-7-17(23-18(19)13-21)16-6-5-10-22-20(16)26-4-2/h5-8,10,14-15,25H,3-4,9,11-12H2,1-2H3/t14-,15-/m0/s1. The van der Waals surface area contributed by atoms with Crippen LogP contribution in [-0.2, 0) is 0 Å². The molecular weight excluding hydrogens is 328 g/mol. The van der Waals surface area contributed by atoms with Crippen LogP contribution in [0.4, 0.5) is 5.69 Å². The van der Waals surface area contributed by atoms with E-state index < -0.39 is 0 Å².